The van der Waals surface area contributed by atoms with Crippen molar-refractivity contribution in [3.8, 4) is 23.3 Å². The molecule has 12 heteroatoms. The number of fused-ring (bicyclic) bond motifs is 1. The summed E-state index contributed by atoms with van der Waals surface area (Å²) in [6.07, 6.45) is -0.802. The number of carboxylic acids is 1. The Bertz CT molecular complexity index is 2050. The minimum absolute atomic E-state index is 0.0342. The molecule has 3 aromatic carbocycles. The third-order valence-electron chi connectivity index (χ3n) is 8.22. The van der Waals surface area contributed by atoms with Gasteiger partial charge in [0.25, 0.3) is 11.8 Å². The highest BCUT2D eigenvalue weighted by molar-refractivity contribution is 6.04. The van der Waals surface area contributed by atoms with Gasteiger partial charge >= 0.3 is 11.9 Å². The summed E-state index contributed by atoms with van der Waals surface area (Å²) in [6, 6.07) is 25.8. The molecule has 0 saturated carbocycles. The number of carbonyl (C=O) groups is 4. The zero-order chi connectivity index (χ0) is 38.1. The first-order chi connectivity index (χ1) is 25.3. The summed E-state index contributed by atoms with van der Waals surface area (Å²) in [5.41, 5.74) is 0.225. The van der Waals surface area contributed by atoms with E-state index < -0.39 is 59.1 Å². The number of nitrogens with zero attached hydrogens (tertiary/aromatic N) is 1. The number of esters is 1. The Kier molecular flexibility index (Phi) is 11.9. The lowest BCUT2D eigenvalue weighted by Crippen LogP contribution is -2.44. The molecule has 2 unspecified atom stereocenters. The first-order valence-electron chi connectivity index (χ1n) is 16.9. The van der Waals surface area contributed by atoms with Gasteiger partial charge in [0.1, 0.15) is 11.4 Å². The zero-order valence-corrected chi connectivity index (χ0v) is 29.8. The minimum atomic E-state index is -1.45. The number of aliphatic hydroxyl groups is 1. The molecule has 2 amide bonds. The van der Waals surface area contributed by atoms with Crippen LogP contribution in [0.25, 0.3) is 0 Å². The number of anilines is 1. The van der Waals surface area contributed by atoms with E-state index in [1.54, 1.807) is 88.4 Å². The number of carbonyl (C=O) groups excluding carboxylic acids is 3. The van der Waals surface area contributed by atoms with Crippen LogP contribution in [0, 0.1) is 11.8 Å². The maximum absolute atomic E-state index is 14.3. The number of carboxylic acid groups (broad SMARTS) is 1. The fourth-order valence-corrected chi connectivity index (χ4v) is 5.63. The molecule has 3 N–H and O–H groups in total. The molecule has 0 bridgehead atoms. The van der Waals surface area contributed by atoms with Crippen molar-refractivity contribution >= 4 is 29.4 Å². The highest BCUT2D eigenvalue weighted by Gasteiger charge is 2.35. The van der Waals surface area contributed by atoms with Crippen molar-refractivity contribution in [2.75, 3.05) is 18.7 Å². The summed E-state index contributed by atoms with van der Waals surface area (Å²) in [5, 5.41) is 23.8. The topological polar surface area (TPSA) is 165 Å². The molecule has 0 saturated heterocycles. The average Bonchev–Trinajstić information content (AvgIpc) is 3.80. The van der Waals surface area contributed by atoms with E-state index in [9.17, 15) is 29.4 Å². The second-order valence-electron chi connectivity index (χ2n) is 13.3. The number of hydrogen-bond donors (Lipinski definition) is 3. The molecule has 5 rings (SSSR count). The van der Waals surface area contributed by atoms with E-state index in [1.165, 1.54) is 4.90 Å². The van der Waals surface area contributed by atoms with Crippen LogP contribution in [0.2, 0.25) is 0 Å². The molecule has 1 aromatic heterocycles. The number of aliphatic hydroxyl groups excluding tert-OH is 1. The zero-order valence-electron chi connectivity index (χ0n) is 29.8. The van der Waals surface area contributed by atoms with Crippen molar-refractivity contribution in [2.24, 2.45) is 0 Å². The Morgan fingerprint density at radius 1 is 0.906 bits per heavy atom. The van der Waals surface area contributed by atoms with Gasteiger partial charge in [-0.05, 0) is 81.8 Å². The molecule has 274 valence electrons. The van der Waals surface area contributed by atoms with E-state index in [2.05, 4.69) is 17.2 Å². The quantitative estimate of drug-likeness (QED) is 0.0638. The fraction of sp³-hybridized carbons (Fsp3) is 0.268. The van der Waals surface area contributed by atoms with Crippen LogP contribution >= 0.6 is 0 Å². The molecular weight excluding hydrogens is 680 g/mol. The van der Waals surface area contributed by atoms with Crippen LogP contribution in [-0.4, -0.2) is 63.8 Å². The van der Waals surface area contributed by atoms with Gasteiger partial charge in [-0.3, -0.25) is 14.4 Å². The molecular formula is C41H40N2O10. The number of ether oxygens (including phenoxy) is 3. The average molecular weight is 721 g/mol. The highest BCUT2D eigenvalue weighted by Crippen LogP contribution is 2.38. The van der Waals surface area contributed by atoms with Crippen LogP contribution < -0.4 is 14.8 Å². The lowest BCUT2D eigenvalue weighted by atomic mass is 9.87. The maximum atomic E-state index is 14.3. The van der Waals surface area contributed by atoms with E-state index in [0.29, 0.717) is 34.1 Å². The van der Waals surface area contributed by atoms with Gasteiger partial charge in [-0.25, -0.2) is 4.79 Å². The van der Waals surface area contributed by atoms with Gasteiger partial charge in [-0.1, -0.05) is 54.3 Å². The molecule has 0 fully saturated rings. The molecule has 12 nitrogen and oxygen atoms in total. The molecule has 4 aromatic rings. The van der Waals surface area contributed by atoms with Crippen molar-refractivity contribution in [3.05, 3.63) is 125 Å². The number of nitrogens with one attached hydrogen (secondary N) is 1. The number of hydrogen-bond acceptors (Lipinski definition) is 9. The Morgan fingerprint density at radius 3 is 2.26 bits per heavy atom. The van der Waals surface area contributed by atoms with Gasteiger partial charge in [-0.15, -0.1) is 0 Å². The Hall–Kier alpha value is -6.48. The number of benzene rings is 3. The van der Waals surface area contributed by atoms with Crippen LogP contribution in [0.5, 0.6) is 11.5 Å². The summed E-state index contributed by atoms with van der Waals surface area (Å²) >= 11 is 0. The number of furan rings is 1. The molecule has 0 spiro atoms. The second kappa shape index (κ2) is 16.7. The number of amides is 2. The first kappa shape index (κ1) is 37.8. The summed E-state index contributed by atoms with van der Waals surface area (Å²) in [7, 11) is 0. The predicted octanol–water partition coefficient (Wildman–Crippen LogP) is 6.48. The lowest BCUT2D eigenvalue weighted by Gasteiger charge is -2.34. The standard InChI is InChI=1S/C41H40N2O10/c1-26(43(21-11-14-27-12-7-5-8-13-27)39(48)37(46)32(24-36(44)45)40(49)53-41(2,3)4)31(28-17-19-33-35(22-28)51-25-50-33)23-30-18-20-34(52-30)38(47)42-29-15-9-6-10-16-29/h5-10,12-13,15-20,22,26,31,46H,21,23-25H2,1-4H3,(H,42,47)(H,44,45). The largest absolute Gasteiger partial charge is 0.503 e. The smallest absolute Gasteiger partial charge is 0.339 e. The van der Waals surface area contributed by atoms with E-state index in [4.69, 9.17) is 18.6 Å². The van der Waals surface area contributed by atoms with Crippen LogP contribution in [0.3, 0.4) is 0 Å². The monoisotopic (exact) mass is 720 g/mol. The summed E-state index contributed by atoms with van der Waals surface area (Å²) in [5.74, 6) is 1.78. The van der Waals surface area contributed by atoms with Crippen LogP contribution in [0.4, 0.5) is 5.69 Å². The molecule has 0 aliphatic carbocycles. The predicted molar refractivity (Wildman–Crippen MR) is 194 cm³/mol. The van der Waals surface area contributed by atoms with E-state index in [0.717, 1.165) is 0 Å². The molecule has 0 radical (unpaired) electrons. The molecule has 1 aliphatic heterocycles. The number of para-hydroxylation sites is 1. The van der Waals surface area contributed by atoms with Crippen molar-refractivity contribution in [3.63, 3.8) is 0 Å². The number of rotatable bonds is 12. The van der Waals surface area contributed by atoms with Gasteiger partial charge in [0, 0.05) is 29.6 Å². The Morgan fingerprint density at radius 2 is 1.58 bits per heavy atom. The molecule has 1 aliphatic rings. The van der Waals surface area contributed by atoms with E-state index in [1.807, 2.05) is 30.3 Å². The SMILES string of the molecule is CC(C(Cc1ccc(C(=O)Nc2ccccc2)o1)c1ccc2c(c1)OCO2)N(CC#Cc1ccccc1)C(=O)C(O)=C(CC(=O)O)C(=O)OC(C)(C)C. The lowest BCUT2D eigenvalue weighted by molar-refractivity contribution is -0.152. The van der Waals surface area contributed by atoms with Crippen molar-refractivity contribution in [1.29, 1.82) is 0 Å². The third-order valence-corrected chi connectivity index (χ3v) is 8.22. The Balaban J connectivity index is 1.54. The summed E-state index contributed by atoms with van der Waals surface area (Å²) in [6.45, 7) is 6.29. The summed E-state index contributed by atoms with van der Waals surface area (Å²) < 4.78 is 22.5. The highest BCUT2D eigenvalue weighted by atomic mass is 16.7. The van der Waals surface area contributed by atoms with Gasteiger partial charge in [0.05, 0.1) is 18.5 Å². The van der Waals surface area contributed by atoms with E-state index in [-0.39, 0.29) is 25.5 Å². The maximum Gasteiger partial charge on any atom is 0.339 e. The van der Waals surface area contributed by atoms with Gasteiger partial charge in [0.2, 0.25) is 6.79 Å². The van der Waals surface area contributed by atoms with Crippen molar-refractivity contribution < 1.29 is 48.0 Å². The van der Waals surface area contributed by atoms with Crippen molar-refractivity contribution in [2.45, 2.75) is 58.1 Å². The van der Waals surface area contributed by atoms with E-state index >= 15 is 0 Å². The van der Waals surface area contributed by atoms with Gasteiger partial charge in [-0.2, -0.15) is 0 Å². The molecule has 53 heavy (non-hydrogen) atoms. The number of aliphatic carboxylic acids is 1. The van der Waals surface area contributed by atoms with Crippen LogP contribution in [0.1, 0.15) is 67.5 Å². The normalized spacial score (nSPS) is 13.4. The first-order valence-corrected chi connectivity index (χ1v) is 16.9. The fourth-order valence-electron chi connectivity index (χ4n) is 5.63. The van der Waals surface area contributed by atoms with Crippen LogP contribution in [0.15, 0.2) is 107 Å². The van der Waals surface area contributed by atoms with Gasteiger partial charge in [0.15, 0.2) is 23.0 Å². The molecule has 2 heterocycles. The third kappa shape index (κ3) is 10.1. The second-order valence-corrected chi connectivity index (χ2v) is 13.3. The minimum Gasteiger partial charge on any atom is -0.503 e. The van der Waals surface area contributed by atoms with Crippen molar-refractivity contribution in [1.82, 2.24) is 4.90 Å². The molecule has 2 atom stereocenters. The summed E-state index contributed by atoms with van der Waals surface area (Å²) in [4.78, 5) is 53.5. The van der Waals surface area contributed by atoms with Gasteiger partial charge < -0.3 is 39.1 Å². The Labute approximate surface area is 307 Å². The van der Waals surface area contributed by atoms with Crippen LogP contribution in [-0.2, 0) is 25.5 Å².